The summed E-state index contributed by atoms with van der Waals surface area (Å²) >= 11 is 0. The van der Waals surface area contributed by atoms with Gasteiger partial charge in [-0.05, 0) is 92.9 Å². The van der Waals surface area contributed by atoms with Crippen molar-refractivity contribution in [1.82, 2.24) is 10.2 Å². The van der Waals surface area contributed by atoms with Crippen LogP contribution < -0.4 is 5.32 Å². The number of likely N-dealkylation sites (N-methyl/N-ethyl adjacent to an activating group) is 1. The third-order valence-corrected chi connectivity index (χ3v) is 14.1. The van der Waals surface area contributed by atoms with Gasteiger partial charge in [0.05, 0.1) is 55.2 Å². The number of ether oxygens (including phenoxy) is 8. The molecule has 0 amide bonds. The smallest absolute Gasteiger partial charge is 0.459 e. The number of carbonyl (C=O) groups excluding carboxylic acids is 2. The molecule has 0 saturated carbocycles. The molecular weight excluding hydrogens is 805 g/mol. The lowest BCUT2D eigenvalue weighted by Crippen LogP contribution is -2.61. The number of hydrogen-bond donors (Lipinski definition) is 5. The van der Waals surface area contributed by atoms with E-state index < -0.39 is 101 Å². The van der Waals surface area contributed by atoms with E-state index in [1.807, 2.05) is 83.9 Å². The second kappa shape index (κ2) is 20.4. The van der Waals surface area contributed by atoms with Gasteiger partial charge in [-0.3, -0.25) is 4.79 Å². The molecule has 4 fully saturated rings. The highest BCUT2D eigenvalue weighted by Gasteiger charge is 2.66. The molecular formula is C46H76N2O14. The Morgan fingerprint density at radius 2 is 1.63 bits per heavy atom. The Balaban J connectivity index is 1.56. The van der Waals surface area contributed by atoms with Crippen LogP contribution in [0, 0.1) is 23.2 Å². The molecule has 0 aliphatic carbocycles. The summed E-state index contributed by atoms with van der Waals surface area (Å²) in [5.41, 5.74) is -4.12. The average Bonchev–Trinajstić information content (AvgIpc) is 4.04. The fraction of sp³-hybridized carbons (Fsp3) is 0.826. The van der Waals surface area contributed by atoms with Crippen LogP contribution in [0.2, 0.25) is 0 Å². The molecule has 0 bridgehead atoms. The second-order valence-electron chi connectivity index (χ2n) is 19.7. The van der Waals surface area contributed by atoms with Crippen molar-refractivity contribution in [2.75, 3.05) is 33.9 Å². The lowest BCUT2D eigenvalue weighted by Gasteiger charge is -2.49. The van der Waals surface area contributed by atoms with Crippen molar-refractivity contribution in [3.8, 4) is 0 Å². The molecule has 4 aliphatic rings. The van der Waals surface area contributed by atoms with E-state index in [4.69, 9.17) is 37.9 Å². The summed E-state index contributed by atoms with van der Waals surface area (Å²) < 4.78 is 50.4. The highest BCUT2D eigenvalue weighted by Crippen LogP contribution is 2.54. The van der Waals surface area contributed by atoms with Crippen LogP contribution in [0.5, 0.6) is 0 Å². The van der Waals surface area contributed by atoms with Gasteiger partial charge in [0.25, 0.3) is 0 Å². The van der Waals surface area contributed by atoms with E-state index in [2.05, 4.69) is 5.32 Å². The molecule has 1 spiro atoms. The van der Waals surface area contributed by atoms with Crippen LogP contribution in [-0.4, -0.2) is 155 Å². The van der Waals surface area contributed by atoms with Gasteiger partial charge in [0.2, 0.25) is 0 Å². The highest BCUT2D eigenvalue weighted by molar-refractivity contribution is 5.73. The maximum atomic E-state index is 14.4. The molecule has 18 atom stereocenters. The number of nitrogens with one attached hydrogen (secondary N) is 1. The van der Waals surface area contributed by atoms with E-state index in [1.165, 1.54) is 6.92 Å². The minimum atomic E-state index is -1.84. The summed E-state index contributed by atoms with van der Waals surface area (Å²) in [5.74, 6) is -2.80. The summed E-state index contributed by atoms with van der Waals surface area (Å²) in [6.07, 6.45) is -8.42. The number of aliphatic hydroxyl groups excluding tert-OH is 2. The number of cyclic esters (lactones) is 1. The predicted molar refractivity (Wildman–Crippen MR) is 227 cm³/mol. The molecule has 0 aromatic heterocycles. The van der Waals surface area contributed by atoms with E-state index in [1.54, 1.807) is 27.7 Å². The standard InChI is InChI=1S/C46H76N2O14/c1-13-34-45(10,54)38(50)30(6)47-22-26(2)20-44(9,53)39(28(4)36(29(5)40(51)59-34)60-35-21-43(8,24-49)46(25-56-46)31(7)58-35)62-41-37(33(48(11)12)19-27(3)57-41)61-42(52)55-23-32-17-15-14-16-18-32/h14-18,26-31,33-39,41,47,49-50,53-54H,13,19-25H2,1-12H3/t26-,27-,28+,29-,30-,31+,33+,34-,35+,36+,37-,38-,39-,41+,43+,44+,45-,46+/m1/s1. The minimum absolute atomic E-state index is 0.0104. The summed E-state index contributed by atoms with van der Waals surface area (Å²) in [6, 6.07) is 8.24. The summed E-state index contributed by atoms with van der Waals surface area (Å²) in [6.45, 7) is 18.3. The molecule has 16 nitrogen and oxygen atoms in total. The number of rotatable bonds is 10. The van der Waals surface area contributed by atoms with Crippen LogP contribution in [-0.2, 0) is 49.3 Å². The third-order valence-electron chi connectivity index (χ3n) is 14.1. The van der Waals surface area contributed by atoms with E-state index in [0.29, 0.717) is 19.6 Å². The zero-order chi connectivity index (χ0) is 45.9. The Bertz CT molecular complexity index is 1610. The van der Waals surface area contributed by atoms with Gasteiger partial charge in [-0.1, -0.05) is 58.0 Å². The van der Waals surface area contributed by atoms with Crippen LogP contribution in [0.15, 0.2) is 30.3 Å². The fourth-order valence-corrected chi connectivity index (χ4v) is 10.1. The topological polar surface area (TPSA) is 207 Å². The Labute approximate surface area is 368 Å². The van der Waals surface area contributed by atoms with Crippen LogP contribution in [0.25, 0.3) is 0 Å². The van der Waals surface area contributed by atoms with Gasteiger partial charge in [-0.25, -0.2) is 4.79 Å². The summed E-state index contributed by atoms with van der Waals surface area (Å²) in [4.78, 5) is 29.8. The molecule has 1 aromatic carbocycles. The quantitative estimate of drug-likeness (QED) is 0.167. The van der Waals surface area contributed by atoms with Crippen molar-refractivity contribution < 1.29 is 67.9 Å². The molecule has 0 radical (unpaired) electrons. The molecule has 0 unspecified atom stereocenters. The van der Waals surface area contributed by atoms with Crippen LogP contribution in [0.4, 0.5) is 4.79 Å². The molecule has 1 aromatic rings. The first-order chi connectivity index (χ1) is 29.0. The van der Waals surface area contributed by atoms with Crippen molar-refractivity contribution >= 4 is 12.1 Å². The summed E-state index contributed by atoms with van der Waals surface area (Å²) in [7, 11) is 3.75. The Hall–Kier alpha value is -2.48. The third kappa shape index (κ3) is 11.1. The molecule has 5 N–H and O–H groups in total. The largest absolute Gasteiger partial charge is 0.509 e. The van der Waals surface area contributed by atoms with Crippen LogP contribution >= 0.6 is 0 Å². The molecule has 4 saturated heterocycles. The number of nitrogens with zero attached hydrogens (tertiary/aromatic N) is 1. The molecule has 354 valence electrons. The van der Waals surface area contributed by atoms with Gasteiger partial charge >= 0.3 is 12.1 Å². The molecule has 4 aliphatic heterocycles. The number of epoxide rings is 1. The zero-order valence-electron chi connectivity index (χ0n) is 38.9. The van der Waals surface area contributed by atoms with E-state index in [9.17, 15) is 30.0 Å². The Morgan fingerprint density at radius 3 is 2.23 bits per heavy atom. The SMILES string of the molecule is CC[C@H]1OC(=O)[C@H](C)[C@@H](O[C@H]2C[C@@](C)(CO)[C@]3(CO3)[C@H](C)O2)[C@H](C)[C@@H](O[C@@H]2O[C@H](C)C[C@H](N(C)C)[C@H]2OC(=O)OCc2ccccc2)[C@@](C)(O)C[C@@H](C)CN[C@H](C)[C@@H](O)[C@]1(C)O. The predicted octanol–water partition coefficient (Wildman–Crippen LogP) is 3.92. The van der Waals surface area contributed by atoms with Gasteiger partial charge < -0.3 is 68.5 Å². The number of benzene rings is 1. The van der Waals surface area contributed by atoms with E-state index in [-0.39, 0.29) is 50.5 Å². The van der Waals surface area contributed by atoms with Crippen molar-refractivity contribution in [3.63, 3.8) is 0 Å². The molecule has 62 heavy (non-hydrogen) atoms. The Kier molecular flexibility index (Phi) is 16.6. The van der Waals surface area contributed by atoms with Gasteiger partial charge in [-0.2, -0.15) is 0 Å². The zero-order valence-corrected chi connectivity index (χ0v) is 38.9. The maximum absolute atomic E-state index is 14.4. The lowest BCUT2D eigenvalue weighted by molar-refractivity contribution is -0.312. The van der Waals surface area contributed by atoms with E-state index in [0.717, 1.165) is 5.56 Å². The van der Waals surface area contributed by atoms with E-state index >= 15 is 0 Å². The number of aliphatic hydroxyl groups is 4. The van der Waals surface area contributed by atoms with Gasteiger partial charge in [0.15, 0.2) is 18.7 Å². The molecule has 16 heteroatoms. The van der Waals surface area contributed by atoms with Gasteiger partial charge in [0.1, 0.15) is 30.0 Å². The van der Waals surface area contributed by atoms with Crippen LogP contribution in [0.3, 0.4) is 0 Å². The minimum Gasteiger partial charge on any atom is -0.459 e. The Morgan fingerprint density at radius 1 is 0.968 bits per heavy atom. The van der Waals surface area contributed by atoms with Gasteiger partial charge in [-0.15, -0.1) is 0 Å². The second-order valence-corrected chi connectivity index (χ2v) is 19.7. The monoisotopic (exact) mass is 881 g/mol. The van der Waals surface area contributed by atoms with Crippen molar-refractivity contribution in [2.24, 2.45) is 23.2 Å². The number of carbonyl (C=O) groups is 2. The maximum Gasteiger partial charge on any atom is 0.509 e. The molecule has 4 heterocycles. The van der Waals surface area contributed by atoms with Crippen molar-refractivity contribution in [1.29, 1.82) is 0 Å². The lowest BCUT2D eigenvalue weighted by atomic mass is 9.70. The average molecular weight is 881 g/mol. The van der Waals surface area contributed by atoms with Crippen molar-refractivity contribution in [3.05, 3.63) is 35.9 Å². The summed E-state index contributed by atoms with van der Waals surface area (Å²) in [5, 5.41) is 50.0. The number of esters is 1. The fourth-order valence-electron chi connectivity index (χ4n) is 10.1. The van der Waals surface area contributed by atoms with Gasteiger partial charge in [0, 0.05) is 23.8 Å². The highest BCUT2D eigenvalue weighted by atomic mass is 16.8. The first-order valence-corrected chi connectivity index (χ1v) is 22.5. The first kappa shape index (κ1) is 50.5. The first-order valence-electron chi connectivity index (χ1n) is 22.5. The molecule has 5 rings (SSSR count). The van der Waals surface area contributed by atoms with Crippen LogP contribution in [0.1, 0.15) is 100 Å². The van der Waals surface area contributed by atoms with Crippen molar-refractivity contribution in [2.45, 2.75) is 186 Å². The normalized spacial score (nSPS) is 44.8. The number of hydrogen-bond acceptors (Lipinski definition) is 16.